The first-order valence-electron chi connectivity index (χ1n) is 8.72. The predicted molar refractivity (Wildman–Crippen MR) is 92.4 cm³/mol. The van der Waals surface area contributed by atoms with Crippen LogP contribution in [0.25, 0.3) is 0 Å². The minimum Gasteiger partial charge on any atom is -0.481 e. The van der Waals surface area contributed by atoms with Gasteiger partial charge in [0.15, 0.2) is 0 Å². The van der Waals surface area contributed by atoms with Crippen LogP contribution in [0, 0.1) is 23.7 Å². The summed E-state index contributed by atoms with van der Waals surface area (Å²) in [4.78, 5) is 24.5. The molecule has 0 radical (unpaired) electrons. The lowest BCUT2D eigenvalue weighted by molar-refractivity contribution is -0.149. The number of benzene rings is 1. The van der Waals surface area contributed by atoms with E-state index in [9.17, 15) is 14.7 Å². The van der Waals surface area contributed by atoms with Crippen LogP contribution in [-0.2, 0) is 16.0 Å². The van der Waals surface area contributed by atoms with Gasteiger partial charge in [-0.05, 0) is 50.5 Å². The molecule has 0 aromatic heterocycles. The summed E-state index contributed by atoms with van der Waals surface area (Å²) in [7, 11) is 0. The van der Waals surface area contributed by atoms with Crippen molar-refractivity contribution >= 4 is 11.9 Å². The minimum absolute atomic E-state index is 0.0439. The van der Waals surface area contributed by atoms with E-state index < -0.39 is 17.8 Å². The fourth-order valence-corrected chi connectivity index (χ4v) is 4.70. The van der Waals surface area contributed by atoms with Crippen LogP contribution in [0.15, 0.2) is 41.5 Å². The zero-order chi connectivity index (χ0) is 17.3. The number of carboxylic acids is 1. The molecular weight excluding hydrogens is 302 g/mol. The van der Waals surface area contributed by atoms with Crippen LogP contribution < -0.4 is 5.32 Å². The van der Waals surface area contributed by atoms with Gasteiger partial charge in [-0.3, -0.25) is 9.59 Å². The maximum atomic E-state index is 12.7. The molecule has 0 aliphatic heterocycles. The van der Waals surface area contributed by atoms with E-state index in [1.165, 1.54) is 16.7 Å². The highest BCUT2D eigenvalue weighted by molar-refractivity contribution is 5.87. The van der Waals surface area contributed by atoms with E-state index in [0.29, 0.717) is 6.54 Å². The molecule has 0 spiro atoms. The average Bonchev–Trinajstić information content (AvgIpc) is 3.11. The molecule has 2 saturated carbocycles. The summed E-state index contributed by atoms with van der Waals surface area (Å²) in [6.07, 6.45) is 2.60. The highest BCUT2D eigenvalue weighted by atomic mass is 16.4. The van der Waals surface area contributed by atoms with Gasteiger partial charge in [0.25, 0.3) is 0 Å². The SMILES string of the molecule is CC(C)=C1[C@@H]2CC[C@@H]1[C@@H](C(=O)NCCc1ccccc1)[C@@H]2C(=O)O. The molecule has 128 valence electrons. The van der Waals surface area contributed by atoms with Gasteiger partial charge in [0.2, 0.25) is 5.91 Å². The molecule has 3 rings (SSSR count). The highest BCUT2D eigenvalue weighted by Gasteiger charge is 2.57. The van der Waals surface area contributed by atoms with Crippen molar-refractivity contribution in [3.8, 4) is 0 Å². The number of hydrogen-bond acceptors (Lipinski definition) is 2. The number of carbonyl (C=O) groups excluding carboxylic acids is 1. The summed E-state index contributed by atoms with van der Waals surface area (Å²) in [5.74, 6) is -1.75. The Hall–Kier alpha value is -2.10. The molecule has 2 fully saturated rings. The largest absolute Gasteiger partial charge is 0.481 e. The molecule has 0 unspecified atom stereocenters. The maximum Gasteiger partial charge on any atom is 0.307 e. The summed E-state index contributed by atoms with van der Waals surface area (Å²) in [6, 6.07) is 10.00. The molecule has 2 aliphatic carbocycles. The maximum absolute atomic E-state index is 12.7. The van der Waals surface area contributed by atoms with Gasteiger partial charge in [-0.2, -0.15) is 0 Å². The first-order chi connectivity index (χ1) is 11.5. The van der Waals surface area contributed by atoms with Crippen molar-refractivity contribution in [3.05, 3.63) is 47.0 Å². The second-order valence-corrected chi connectivity index (χ2v) is 7.16. The number of aliphatic carboxylic acids is 1. The first kappa shape index (κ1) is 16.7. The van der Waals surface area contributed by atoms with Crippen molar-refractivity contribution in [2.45, 2.75) is 33.1 Å². The van der Waals surface area contributed by atoms with Crippen LogP contribution in [0.1, 0.15) is 32.3 Å². The first-order valence-corrected chi connectivity index (χ1v) is 8.72. The lowest BCUT2D eigenvalue weighted by atomic mass is 9.78. The molecule has 0 heterocycles. The molecule has 1 aromatic carbocycles. The third-order valence-electron chi connectivity index (χ3n) is 5.56. The van der Waals surface area contributed by atoms with Crippen molar-refractivity contribution in [2.75, 3.05) is 6.54 Å². The molecule has 4 atom stereocenters. The molecule has 2 bridgehead atoms. The van der Waals surface area contributed by atoms with Crippen LogP contribution in [0.5, 0.6) is 0 Å². The van der Waals surface area contributed by atoms with E-state index in [-0.39, 0.29) is 17.7 Å². The molecule has 0 saturated heterocycles. The van der Waals surface area contributed by atoms with Gasteiger partial charge in [-0.15, -0.1) is 0 Å². The van der Waals surface area contributed by atoms with E-state index >= 15 is 0 Å². The monoisotopic (exact) mass is 327 g/mol. The van der Waals surface area contributed by atoms with E-state index in [2.05, 4.69) is 5.32 Å². The van der Waals surface area contributed by atoms with E-state index in [1.54, 1.807) is 0 Å². The van der Waals surface area contributed by atoms with Crippen molar-refractivity contribution in [1.82, 2.24) is 5.32 Å². The number of nitrogens with one attached hydrogen (secondary N) is 1. The molecule has 24 heavy (non-hydrogen) atoms. The molecule has 2 aliphatic rings. The Morgan fingerprint density at radius 3 is 2.29 bits per heavy atom. The number of fused-ring (bicyclic) bond motifs is 2. The molecule has 4 heteroatoms. The third kappa shape index (κ3) is 2.97. The van der Waals surface area contributed by atoms with Gasteiger partial charge in [-0.25, -0.2) is 0 Å². The Kier molecular flexibility index (Phi) is 4.74. The second-order valence-electron chi connectivity index (χ2n) is 7.16. The third-order valence-corrected chi connectivity index (χ3v) is 5.56. The molecule has 4 nitrogen and oxygen atoms in total. The predicted octanol–water partition coefficient (Wildman–Crippen LogP) is 3.04. The minimum atomic E-state index is -0.829. The van der Waals surface area contributed by atoms with Gasteiger partial charge in [0.05, 0.1) is 11.8 Å². The molecule has 1 amide bonds. The highest BCUT2D eigenvalue weighted by Crippen LogP contribution is 2.57. The van der Waals surface area contributed by atoms with Gasteiger partial charge in [0.1, 0.15) is 0 Å². The van der Waals surface area contributed by atoms with Gasteiger partial charge in [0, 0.05) is 6.54 Å². The Balaban J connectivity index is 1.69. The van der Waals surface area contributed by atoms with E-state index in [4.69, 9.17) is 0 Å². The Morgan fingerprint density at radius 1 is 1.08 bits per heavy atom. The fraction of sp³-hybridized carbons (Fsp3) is 0.500. The number of amides is 1. The Labute approximate surface area is 143 Å². The van der Waals surface area contributed by atoms with E-state index in [1.807, 2.05) is 44.2 Å². The topological polar surface area (TPSA) is 66.4 Å². The Bertz CT molecular complexity index is 661. The summed E-state index contributed by atoms with van der Waals surface area (Å²) in [5.41, 5.74) is 3.59. The Morgan fingerprint density at radius 2 is 1.71 bits per heavy atom. The number of carbonyl (C=O) groups is 2. The zero-order valence-corrected chi connectivity index (χ0v) is 14.3. The number of allylic oxidation sites excluding steroid dienone is 2. The number of carboxylic acid groups (broad SMARTS) is 1. The zero-order valence-electron chi connectivity index (χ0n) is 14.3. The lowest BCUT2D eigenvalue weighted by Gasteiger charge is -2.26. The fourth-order valence-electron chi connectivity index (χ4n) is 4.70. The van der Waals surface area contributed by atoms with Crippen LogP contribution in [0.2, 0.25) is 0 Å². The van der Waals surface area contributed by atoms with Gasteiger partial charge >= 0.3 is 5.97 Å². The van der Waals surface area contributed by atoms with Crippen LogP contribution >= 0.6 is 0 Å². The quantitative estimate of drug-likeness (QED) is 0.817. The van der Waals surface area contributed by atoms with Crippen LogP contribution in [-0.4, -0.2) is 23.5 Å². The molecule has 2 N–H and O–H groups in total. The summed E-state index contributed by atoms with van der Waals surface area (Å²) in [6.45, 7) is 4.62. The van der Waals surface area contributed by atoms with Crippen LogP contribution in [0.4, 0.5) is 0 Å². The molecular formula is C20H25NO3. The summed E-state index contributed by atoms with van der Waals surface area (Å²) >= 11 is 0. The van der Waals surface area contributed by atoms with Gasteiger partial charge < -0.3 is 10.4 Å². The molecule has 1 aromatic rings. The van der Waals surface area contributed by atoms with Crippen molar-refractivity contribution < 1.29 is 14.7 Å². The number of rotatable bonds is 5. The van der Waals surface area contributed by atoms with Gasteiger partial charge in [-0.1, -0.05) is 41.5 Å². The summed E-state index contributed by atoms with van der Waals surface area (Å²) < 4.78 is 0. The lowest BCUT2D eigenvalue weighted by Crippen LogP contribution is -2.41. The van der Waals surface area contributed by atoms with E-state index in [0.717, 1.165) is 19.3 Å². The van der Waals surface area contributed by atoms with Crippen molar-refractivity contribution in [2.24, 2.45) is 23.7 Å². The summed E-state index contributed by atoms with van der Waals surface area (Å²) in [5, 5.41) is 12.6. The average molecular weight is 327 g/mol. The number of hydrogen-bond donors (Lipinski definition) is 2. The van der Waals surface area contributed by atoms with Crippen molar-refractivity contribution in [1.29, 1.82) is 0 Å². The van der Waals surface area contributed by atoms with Crippen molar-refractivity contribution in [3.63, 3.8) is 0 Å². The van der Waals surface area contributed by atoms with Crippen LogP contribution in [0.3, 0.4) is 0 Å². The smallest absolute Gasteiger partial charge is 0.307 e. The second kappa shape index (κ2) is 6.80. The standard InChI is InChI=1S/C20H25NO3/c1-12(2)16-14-8-9-15(16)18(20(23)24)17(14)19(22)21-11-10-13-6-4-3-5-7-13/h3-7,14-15,17-18H,8-11H2,1-2H3,(H,21,22)(H,23,24)/t14-,15-,17+,18+/m0/s1. The normalized spacial score (nSPS) is 28.0.